The molecule has 1 saturated heterocycles. The fourth-order valence-electron chi connectivity index (χ4n) is 4.14. The molecule has 0 aromatic heterocycles. The first-order valence-electron chi connectivity index (χ1n) is 11.0. The molecule has 2 amide bonds. The Bertz CT molecular complexity index is 973. The molecular weight excluding hydrogens is 452 g/mol. The van der Waals surface area contributed by atoms with Crippen LogP contribution in [0.3, 0.4) is 0 Å². The summed E-state index contributed by atoms with van der Waals surface area (Å²) in [4.78, 5) is 36.3. The summed E-state index contributed by atoms with van der Waals surface area (Å²) in [5, 5.41) is 10.8. The summed E-state index contributed by atoms with van der Waals surface area (Å²) in [6, 6.07) is 5.21. The summed E-state index contributed by atoms with van der Waals surface area (Å²) in [7, 11) is -1.89. The van der Waals surface area contributed by atoms with E-state index >= 15 is 0 Å². The zero-order valence-electron chi connectivity index (χ0n) is 18.6. The van der Waals surface area contributed by atoms with Gasteiger partial charge in [0.05, 0.1) is 11.5 Å². The Kier molecular flexibility index (Phi) is 8.35. The van der Waals surface area contributed by atoms with Gasteiger partial charge in [0.25, 0.3) is 27.7 Å². The molecule has 1 aliphatic heterocycles. The zero-order valence-corrected chi connectivity index (χ0v) is 19.4. The molecule has 1 heterocycles. The highest BCUT2D eigenvalue weighted by Gasteiger charge is 2.34. The van der Waals surface area contributed by atoms with Gasteiger partial charge in [0.15, 0.2) is 0 Å². The third-order valence-corrected chi connectivity index (χ3v) is 8.16. The van der Waals surface area contributed by atoms with Gasteiger partial charge in [0, 0.05) is 57.0 Å². The Morgan fingerprint density at radius 1 is 1.12 bits per heavy atom. The normalized spacial score (nSPS) is 18.7. The van der Waals surface area contributed by atoms with Crippen molar-refractivity contribution >= 4 is 27.7 Å². The third-order valence-electron chi connectivity index (χ3n) is 6.11. The van der Waals surface area contributed by atoms with Crippen LogP contribution < -0.4 is 10.9 Å². The zero-order chi connectivity index (χ0) is 24.0. The summed E-state index contributed by atoms with van der Waals surface area (Å²) < 4.78 is 28.9. The van der Waals surface area contributed by atoms with E-state index in [1.54, 1.807) is 7.05 Å². The van der Waals surface area contributed by atoms with E-state index in [9.17, 15) is 28.1 Å². The van der Waals surface area contributed by atoms with E-state index in [0.717, 1.165) is 38.2 Å². The molecule has 3 rings (SSSR count). The first-order chi connectivity index (χ1) is 15.7. The predicted molar refractivity (Wildman–Crippen MR) is 120 cm³/mol. The summed E-state index contributed by atoms with van der Waals surface area (Å²) in [6.45, 7) is 1.34. The summed E-state index contributed by atoms with van der Waals surface area (Å²) in [5.74, 6) is -1.14. The fraction of sp³-hybridized carbons (Fsp3) is 0.600. The highest BCUT2D eigenvalue weighted by molar-refractivity contribution is 7.86. The SMILES string of the molecule is CN(C1CCCCC1)S(=O)(=O)N1CCN(CC(=O)NNC(=O)c2cccc([N+](=O)[O-])c2)CC1. The quantitative estimate of drug-likeness (QED) is 0.425. The van der Waals surface area contributed by atoms with Crippen molar-refractivity contribution in [3.05, 3.63) is 39.9 Å². The van der Waals surface area contributed by atoms with Crippen molar-refractivity contribution in [3.63, 3.8) is 0 Å². The molecule has 0 radical (unpaired) electrons. The molecule has 0 bridgehead atoms. The van der Waals surface area contributed by atoms with Crippen LogP contribution in [-0.4, -0.2) is 84.5 Å². The molecule has 1 aromatic carbocycles. The van der Waals surface area contributed by atoms with Crippen LogP contribution in [0.2, 0.25) is 0 Å². The van der Waals surface area contributed by atoms with Gasteiger partial charge in [0.2, 0.25) is 0 Å². The topological polar surface area (TPSA) is 145 Å². The summed E-state index contributed by atoms with van der Waals surface area (Å²) >= 11 is 0. The van der Waals surface area contributed by atoms with Crippen LogP contribution in [0.15, 0.2) is 24.3 Å². The van der Waals surface area contributed by atoms with Crippen LogP contribution in [0.25, 0.3) is 0 Å². The monoisotopic (exact) mass is 482 g/mol. The molecule has 0 spiro atoms. The molecule has 12 nitrogen and oxygen atoms in total. The van der Waals surface area contributed by atoms with Crippen molar-refractivity contribution in [3.8, 4) is 0 Å². The Hall–Kier alpha value is -2.61. The molecule has 2 N–H and O–H groups in total. The van der Waals surface area contributed by atoms with Gasteiger partial charge in [-0.15, -0.1) is 0 Å². The Labute approximate surface area is 193 Å². The van der Waals surface area contributed by atoms with Crippen LogP contribution >= 0.6 is 0 Å². The smallest absolute Gasteiger partial charge is 0.282 e. The minimum Gasteiger partial charge on any atom is -0.292 e. The average Bonchev–Trinajstić information content (AvgIpc) is 2.83. The van der Waals surface area contributed by atoms with E-state index in [-0.39, 0.29) is 36.9 Å². The molecule has 2 fully saturated rings. The number of hydrogen-bond acceptors (Lipinski definition) is 7. The maximum Gasteiger partial charge on any atom is 0.282 e. The lowest BCUT2D eigenvalue weighted by atomic mass is 9.96. The molecular formula is C20H30N6O6S. The van der Waals surface area contributed by atoms with Gasteiger partial charge < -0.3 is 0 Å². The molecule has 2 aliphatic rings. The molecule has 182 valence electrons. The molecule has 1 aliphatic carbocycles. The predicted octanol–water partition coefficient (Wildman–Crippen LogP) is 0.483. The van der Waals surface area contributed by atoms with Crippen LogP contribution in [0.4, 0.5) is 5.69 Å². The maximum atomic E-state index is 13.0. The fourth-order valence-corrected chi connectivity index (χ4v) is 5.71. The number of carbonyl (C=O) groups is 2. The first kappa shape index (κ1) is 25.0. The van der Waals surface area contributed by atoms with Gasteiger partial charge >= 0.3 is 0 Å². The Morgan fingerprint density at radius 3 is 2.42 bits per heavy atom. The van der Waals surface area contributed by atoms with Crippen LogP contribution in [0, 0.1) is 10.1 Å². The molecule has 13 heteroatoms. The van der Waals surface area contributed by atoms with E-state index in [0.29, 0.717) is 13.1 Å². The highest BCUT2D eigenvalue weighted by Crippen LogP contribution is 2.25. The maximum absolute atomic E-state index is 13.0. The molecule has 0 unspecified atom stereocenters. The highest BCUT2D eigenvalue weighted by atomic mass is 32.2. The average molecular weight is 483 g/mol. The van der Waals surface area contributed by atoms with Gasteiger partial charge in [-0.2, -0.15) is 17.0 Å². The number of nitro benzene ring substituents is 1. The first-order valence-corrected chi connectivity index (χ1v) is 12.4. The number of piperazine rings is 1. The molecule has 1 aromatic rings. The lowest BCUT2D eigenvalue weighted by Crippen LogP contribution is -2.56. The van der Waals surface area contributed by atoms with Gasteiger partial charge in [-0.3, -0.25) is 35.5 Å². The molecule has 1 saturated carbocycles. The standard InChI is InChI=1S/C20H30N6O6S/c1-23(17-7-3-2-4-8-17)33(31,32)25-12-10-24(11-13-25)15-19(27)21-22-20(28)16-6-5-9-18(14-16)26(29)30/h5-6,9,14,17H,2-4,7-8,10-13,15H2,1H3,(H,21,27)(H,22,28). The van der Waals surface area contributed by atoms with Crippen LogP contribution in [0.5, 0.6) is 0 Å². The van der Waals surface area contributed by atoms with Gasteiger partial charge in [0.1, 0.15) is 0 Å². The largest absolute Gasteiger partial charge is 0.292 e. The number of carbonyl (C=O) groups excluding carboxylic acids is 2. The number of hydrogen-bond donors (Lipinski definition) is 2. The molecule has 33 heavy (non-hydrogen) atoms. The van der Waals surface area contributed by atoms with Crippen molar-refractivity contribution in [2.75, 3.05) is 39.8 Å². The van der Waals surface area contributed by atoms with Crippen LogP contribution in [0.1, 0.15) is 42.5 Å². The number of non-ortho nitro benzene ring substituents is 1. The van der Waals surface area contributed by atoms with Crippen molar-refractivity contribution in [1.82, 2.24) is 24.4 Å². The Balaban J connectivity index is 1.44. The van der Waals surface area contributed by atoms with Crippen molar-refractivity contribution in [1.29, 1.82) is 0 Å². The van der Waals surface area contributed by atoms with E-state index in [2.05, 4.69) is 10.9 Å². The van der Waals surface area contributed by atoms with Gasteiger partial charge in [-0.05, 0) is 18.9 Å². The number of rotatable bonds is 7. The second kappa shape index (κ2) is 11.0. The van der Waals surface area contributed by atoms with Crippen molar-refractivity contribution in [2.24, 2.45) is 0 Å². The number of nitro groups is 1. The van der Waals surface area contributed by atoms with Gasteiger partial charge in [-0.25, -0.2) is 0 Å². The van der Waals surface area contributed by atoms with Crippen molar-refractivity contribution < 1.29 is 22.9 Å². The summed E-state index contributed by atoms with van der Waals surface area (Å²) in [6.07, 6.45) is 5.02. The number of nitrogens with zero attached hydrogens (tertiary/aromatic N) is 4. The van der Waals surface area contributed by atoms with E-state index in [1.807, 2.05) is 4.90 Å². The number of amides is 2. The second-order valence-electron chi connectivity index (χ2n) is 8.30. The van der Waals surface area contributed by atoms with E-state index in [1.165, 1.54) is 26.8 Å². The van der Waals surface area contributed by atoms with E-state index in [4.69, 9.17) is 0 Å². The minimum atomic E-state index is -3.54. The summed E-state index contributed by atoms with van der Waals surface area (Å²) in [5.41, 5.74) is 4.35. The number of benzene rings is 1. The number of nitrogens with one attached hydrogen (secondary N) is 2. The van der Waals surface area contributed by atoms with Gasteiger partial charge in [-0.1, -0.05) is 25.3 Å². The lowest BCUT2D eigenvalue weighted by molar-refractivity contribution is -0.384. The van der Waals surface area contributed by atoms with Crippen molar-refractivity contribution in [2.45, 2.75) is 38.1 Å². The minimum absolute atomic E-state index is 0.0123. The lowest BCUT2D eigenvalue weighted by Gasteiger charge is -2.38. The van der Waals surface area contributed by atoms with Crippen LogP contribution in [-0.2, 0) is 15.0 Å². The number of hydrazine groups is 1. The molecule has 0 atom stereocenters. The Morgan fingerprint density at radius 2 is 1.79 bits per heavy atom. The third kappa shape index (κ3) is 6.47. The van der Waals surface area contributed by atoms with E-state index < -0.39 is 26.9 Å². The second-order valence-corrected chi connectivity index (χ2v) is 10.3.